The third kappa shape index (κ3) is 4.25. The first-order valence-corrected chi connectivity index (χ1v) is 11.1. The van der Waals surface area contributed by atoms with E-state index in [9.17, 15) is 13.2 Å². The number of halogens is 3. The summed E-state index contributed by atoms with van der Waals surface area (Å²) in [5, 5.41) is 4.18. The highest BCUT2D eigenvalue weighted by Crippen LogP contribution is 2.38. The van der Waals surface area contributed by atoms with E-state index >= 15 is 0 Å². The number of ether oxygens (including phenoxy) is 1. The van der Waals surface area contributed by atoms with Gasteiger partial charge in [-0.15, -0.1) is 0 Å². The molecule has 7 nitrogen and oxygen atoms in total. The highest BCUT2D eigenvalue weighted by atomic mass is 19.1. The Morgan fingerprint density at radius 2 is 1.91 bits per heavy atom. The monoisotopic (exact) mass is 468 g/mol. The van der Waals surface area contributed by atoms with Crippen molar-refractivity contribution in [2.24, 2.45) is 0 Å². The van der Waals surface area contributed by atoms with Gasteiger partial charge in [-0.1, -0.05) is 0 Å². The first-order valence-electron chi connectivity index (χ1n) is 11.1. The standard InChI is InChI=1S/C24H23F3N6O/c1-13-14(2)30-24-22(29-13)21(18-4-3-17(26)10-19(18)27)31-23(32-24)15-5-8-34-20(9-15)16-11-28-33(12-16)7-6-25/h3-4,10-12,15,20H,5-9H2,1-2H3/t15-,20-/m0/s1. The molecule has 1 aliphatic heterocycles. The molecule has 0 N–H and O–H groups in total. The van der Waals surface area contributed by atoms with E-state index in [1.54, 1.807) is 17.1 Å². The molecule has 10 heteroatoms. The Balaban J connectivity index is 1.57. The summed E-state index contributed by atoms with van der Waals surface area (Å²) in [5.41, 5.74) is 3.42. The summed E-state index contributed by atoms with van der Waals surface area (Å²) in [7, 11) is 0. The van der Waals surface area contributed by atoms with Crippen molar-refractivity contribution >= 4 is 11.2 Å². The number of fused-ring (bicyclic) bond motifs is 1. The van der Waals surface area contributed by atoms with Crippen LogP contribution in [0.1, 0.15) is 47.6 Å². The molecule has 0 aliphatic carbocycles. The lowest BCUT2D eigenvalue weighted by Gasteiger charge is -2.28. The van der Waals surface area contributed by atoms with E-state index in [4.69, 9.17) is 9.72 Å². The van der Waals surface area contributed by atoms with Crippen molar-refractivity contribution in [1.29, 1.82) is 0 Å². The van der Waals surface area contributed by atoms with Gasteiger partial charge in [0, 0.05) is 35.9 Å². The Morgan fingerprint density at radius 1 is 1.09 bits per heavy atom. The quantitative estimate of drug-likeness (QED) is 0.419. The first kappa shape index (κ1) is 22.4. The number of benzene rings is 1. The van der Waals surface area contributed by atoms with Gasteiger partial charge in [0.05, 0.1) is 30.2 Å². The van der Waals surface area contributed by atoms with Gasteiger partial charge in [0.2, 0.25) is 0 Å². The minimum absolute atomic E-state index is 0.0849. The average molecular weight is 468 g/mol. The first-order chi connectivity index (χ1) is 16.4. The van der Waals surface area contributed by atoms with Crippen LogP contribution in [0.4, 0.5) is 13.2 Å². The normalized spacial score (nSPS) is 18.5. The number of aryl methyl sites for hydroxylation is 3. The Labute approximate surface area is 194 Å². The Bertz CT molecular complexity index is 1360. The number of alkyl halides is 1. The van der Waals surface area contributed by atoms with Gasteiger partial charge in [-0.2, -0.15) is 5.10 Å². The number of rotatable bonds is 5. The van der Waals surface area contributed by atoms with Crippen LogP contribution >= 0.6 is 0 Å². The average Bonchev–Trinajstić information content (AvgIpc) is 3.29. The predicted molar refractivity (Wildman–Crippen MR) is 119 cm³/mol. The van der Waals surface area contributed by atoms with Crippen LogP contribution in [-0.4, -0.2) is 43.0 Å². The lowest BCUT2D eigenvalue weighted by Crippen LogP contribution is -2.20. The van der Waals surface area contributed by atoms with Crippen molar-refractivity contribution in [3.8, 4) is 11.3 Å². The van der Waals surface area contributed by atoms with E-state index in [-0.39, 0.29) is 29.8 Å². The Kier molecular flexibility index (Phi) is 5.99. The summed E-state index contributed by atoms with van der Waals surface area (Å²) in [4.78, 5) is 18.6. The lowest BCUT2D eigenvalue weighted by molar-refractivity contribution is 0.00396. The molecular formula is C24H23F3N6O. The fraction of sp³-hybridized carbons (Fsp3) is 0.375. The van der Waals surface area contributed by atoms with Gasteiger partial charge in [0.1, 0.15) is 35.3 Å². The second-order valence-electron chi connectivity index (χ2n) is 8.43. The number of hydrogen-bond acceptors (Lipinski definition) is 6. The third-order valence-corrected chi connectivity index (χ3v) is 6.13. The second kappa shape index (κ2) is 9.09. The zero-order chi connectivity index (χ0) is 23.8. The summed E-state index contributed by atoms with van der Waals surface area (Å²) in [5.74, 6) is -0.971. The van der Waals surface area contributed by atoms with E-state index in [0.717, 1.165) is 11.6 Å². The van der Waals surface area contributed by atoms with Gasteiger partial charge in [-0.05, 0) is 38.8 Å². The molecule has 0 saturated carbocycles. The topological polar surface area (TPSA) is 78.6 Å². The zero-order valence-corrected chi connectivity index (χ0v) is 18.8. The van der Waals surface area contributed by atoms with Crippen LogP contribution in [-0.2, 0) is 11.3 Å². The third-order valence-electron chi connectivity index (χ3n) is 6.13. The Hall–Kier alpha value is -3.40. The maximum atomic E-state index is 14.8. The molecule has 34 heavy (non-hydrogen) atoms. The van der Waals surface area contributed by atoms with Crippen molar-refractivity contribution in [3.63, 3.8) is 0 Å². The van der Waals surface area contributed by atoms with Crippen molar-refractivity contribution in [1.82, 2.24) is 29.7 Å². The summed E-state index contributed by atoms with van der Waals surface area (Å²) >= 11 is 0. The lowest BCUT2D eigenvalue weighted by atomic mass is 9.92. The van der Waals surface area contributed by atoms with Gasteiger partial charge in [0.15, 0.2) is 5.65 Å². The van der Waals surface area contributed by atoms with Crippen molar-refractivity contribution in [2.45, 2.75) is 45.3 Å². The molecule has 1 aromatic carbocycles. The molecule has 1 saturated heterocycles. The molecule has 0 spiro atoms. The van der Waals surface area contributed by atoms with Gasteiger partial charge in [-0.3, -0.25) is 4.68 Å². The molecule has 0 amide bonds. The maximum absolute atomic E-state index is 14.8. The number of hydrogen-bond donors (Lipinski definition) is 0. The summed E-state index contributed by atoms with van der Waals surface area (Å²) < 4.78 is 48.5. The molecule has 0 radical (unpaired) electrons. The van der Waals surface area contributed by atoms with Crippen molar-refractivity contribution in [3.05, 3.63) is 65.0 Å². The largest absolute Gasteiger partial charge is 0.373 e. The molecule has 176 valence electrons. The predicted octanol–water partition coefficient (Wildman–Crippen LogP) is 4.78. The van der Waals surface area contributed by atoms with Crippen LogP contribution < -0.4 is 0 Å². The maximum Gasteiger partial charge on any atom is 0.182 e. The molecular weight excluding hydrogens is 445 g/mol. The van der Waals surface area contributed by atoms with E-state index in [2.05, 4.69) is 20.1 Å². The SMILES string of the molecule is Cc1nc2nc([C@H]3CCO[C@H](c4cnn(CCF)c4)C3)nc(-c3ccc(F)cc3F)c2nc1C. The molecule has 1 aliphatic rings. The highest BCUT2D eigenvalue weighted by molar-refractivity contribution is 5.87. The fourth-order valence-corrected chi connectivity index (χ4v) is 4.20. The van der Waals surface area contributed by atoms with E-state index < -0.39 is 18.3 Å². The minimum Gasteiger partial charge on any atom is -0.373 e. The number of aromatic nitrogens is 6. The van der Waals surface area contributed by atoms with Crippen LogP contribution in [0.5, 0.6) is 0 Å². The molecule has 4 heterocycles. The fourth-order valence-electron chi connectivity index (χ4n) is 4.20. The summed E-state index contributed by atoms with van der Waals surface area (Å²) in [6, 6.07) is 3.39. The van der Waals surface area contributed by atoms with Gasteiger partial charge in [-0.25, -0.2) is 33.1 Å². The van der Waals surface area contributed by atoms with Crippen LogP contribution in [0, 0.1) is 25.5 Å². The molecule has 4 aromatic rings. The van der Waals surface area contributed by atoms with Crippen LogP contribution in [0.15, 0.2) is 30.6 Å². The van der Waals surface area contributed by atoms with Crippen LogP contribution in [0.25, 0.3) is 22.4 Å². The molecule has 5 rings (SSSR count). The summed E-state index contributed by atoms with van der Waals surface area (Å²) in [6.07, 6.45) is 4.47. The number of nitrogens with zero attached hydrogens (tertiary/aromatic N) is 6. The van der Waals surface area contributed by atoms with Crippen LogP contribution in [0.2, 0.25) is 0 Å². The molecule has 3 aromatic heterocycles. The smallest absolute Gasteiger partial charge is 0.182 e. The van der Waals surface area contributed by atoms with Gasteiger partial charge < -0.3 is 4.74 Å². The molecule has 0 bridgehead atoms. The molecule has 0 unspecified atom stereocenters. The van der Waals surface area contributed by atoms with Gasteiger partial charge in [0.25, 0.3) is 0 Å². The molecule has 2 atom stereocenters. The van der Waals surface area contributed by atoms with Crippen LogP contribution in [0.3, 0.4) is 0 Å². The molecule has 1 fully saturated rings. The zero-order valence-electron chi connectivity index (χ0n) is 18.8. The Morgan fingerprint density at radius 3 is 2.71 bits per heavy atom. The van der Waals surface area contributed by atoms with Crippen molar-refractivity contribution < 1.29 is 17.9 Å². The van der Waals surface area contributed by atoms with Gasteiger partial charge >= 0.3 is 0 Å². The summed E-state index contributed by atoms with van der Waals surface area (Å²) in [6.45, 7) is 3.81. The van der Waals surface area contributed by atoms with E-state index in [0.29, 0.717) is 47.8 Å². The minimum atomic E-state index is -0.726. The van der Waals surface area contributed by atoms with Crippen molar-refractivity contribution in [2.75, 3.05) is 13.3 Å². The van der Waals surface area contributed by atoms with E-state index in [1.807, 2.05) is 13.8 Å². The highest BCUT2D eigenvalue weighted by Gasteiger charge is 2.29. The second-order valence-corrected chi connectivity index (χ2v) is 8.43. The van der Waals surface area contributed by atoms with E-state index in [1.165, 1.54) is 12.1 Å².